The first-order chi connectivity index (χ1) is 8.61. The molecule has 18 heavy (non-hydrogen) atoms. The topological polar surface area (TPSA) is 105 Å². The number of amides is 1. The van der Waals surface area contributed by atoms with Gasteiger partial charge >= 0.3 is 0 Å². The molecule has 0 saturated carbocycles. The van der Waals surface area contributed by atoms with Crippen LogP contribution in [0.3, 0.4) is 0 Å². The van der Waals surface area contributed by atoms with Gasteiger partial charge in [0.05, 0.1) is 0 Å². The summed E-state index contributed by atoms with van der Waals surface area (Å²) in [5, 5.41) is 5.88. The van der Waals surface area contributed by atoms with Crippen molar-refractivity contribution in [2.45, 2.75) is 20.3 Å². The molecule has 1 aromatic heterocycles. The van der Waals surface area contributed by atoms with Crippen molar-refractivity contribution < 1.29 is 4.79 Å². The van der Waals surface area contributed by atoms with E-state index < -0.39 is 0 Å². The van der Waals surface area contributed by atoms with Gasteiger partial charge in [0.1, 0.15) is 18.0 Å². The Morgan fingerprint density at radius 3 is 2.78 bits per heavy atom. The monoisotopic (exact) mass is 252 g/mol. The van der Waals surface area contributed by atoms with Gasteiger partial charge in [0.15, 0.2) is 0 Å². The molecule has 0 spiro atoms. The maximum absolute atomic E-state index is 11.4. The van der Waals surface area contributed by atoms with Gasteiger partial charge in [0.25, 0.3) is 0 Å². The van der Waals surface area contributed by atoms with Gasteiger partial charge in [-0.25, -0.2) is 15.8 Å². The highest BCUT2D eigenvalue weighted by atomic mass is 16.1. The van der Waals surface area contributed by atoms with Crippen LogP contribution >= 0.6 is 0 Å². The first-order valence-corrected chi connectivity index (χ1v) is 5.91. The van der Waals surface area contributed by atoms with Crippen molar-refractivity contribution in [2.75, 3.05) is 23.8 Å². The van der Waals surface area contributed by atoms with Crippen molar-refractivity contribution in [3.63, 3.8) is 0 Å². The molecule has 0 aromatic carbocycles. The van der Waals surface area contributed by atoms with Crippen LogP contribution in [-0.4, -0.2) is 29.0 Å². The largest absolute Gasteiger partial charge is 0.369 e. The molecule has 0 radical (unpaired) electrons. The van der Waals surface area contributed by atoms with Gasteiger partial charge in [-0.05, 0) is 5.92 Å². The van der Waals surface area contributed by atoms with Crippen molar-refractivity contribution in [3.05, 3.63) is 12.4 Å². The maximum Gasteiger partial charge on any atom is 0.221 e. The molecule has 5 N–H and O–H groups in total. The lowest BCUT2D eigenvalue weighted by Gasteiger charge is -2.09. The van der Waals surface area contributed by atoms with E-state index in [2.05, 4.69) is 39.9 Å². The van der Waals surface area contributed by atoms with Gasteiger partial charge in [0, 0.05) is 25.6 Å². The normalized spacial score (nSPS) is 10.2. The Morgan fingerprint density at radius 1 is 1.39 bits per heavy atom. The van der Waals surface area contributed by atoms with E-state index in [0.29, 0.717) is 37.1 Å². The Kier molecular flexibility index (Phi) is 5.86. The quantitative estimate of drug-likeness (QED) is 0.412. The van der Waals surface area contributed by atoms with Crippen LogP contribution in [0.1, 0.15) is 20.3 Å². The molecule has 0 aliphatic heterocycles. The number of carbonyl (C=O) groups is 1. The van der Waals surface area contributed by atoms with Crippen molar-refractivity contribution in [1.29, 1.82) is 0 Å². The van der Waals surface area contributed by atoms with Gasteiger partial charge in [-0.15, -0.1) is 0 Å². The van der Waals surface area contributed by atoms with E-state index in [1.54, 1.807) is 6.07 Å². The van der Waals surface area contributed by atoms with Crippen LogP contribution in [0, 0.1) is 5.92 Å². The van der Waals surface area contributed by atoms with Crippen molar-refractivity contribution in [1.82, 2.24) is 15.3 Å². The first-order valence-electron chi connectivity index (χ1n) is 5.91. The summed E-state index contributed by atoms with van der Waals surface area (Å²) >= 11 is 0. The van der Waals surface area contributed by atoms with E-state index in [0.717, 1.165) is 0 Å². The summed E-state index contributed by atoms with van der Waals surface area (Å²) in [5.74, 6) is 6.88. The lowest BCUT2D eigenvalue weighted by Crippen LogP contribution is -2.28. The minimum atomic E-state index is 0.0300. The Balaban J connectivity index is 2.26. The lowest BCUT2D eigenvalue weighted by molar-refractivity contribution is -0.120. The molecular weight excluding hydrogens is 232 g/mol. The highest BCUT2D eigenvalue weighted by Gasteiger charge is 2.02. The number of aromatic nitrogens is 2. The molecule has 1 heterocycles. The number of nitrogens with zero attached hydrogens (tertiary/aromatic N) is 2. The SMILES string of the molecule is CC(C)CNC(=O)CCNc1cc(NN)ncn1. The number of nitrogen functional groups attached to an aromatic ring is 1. The first kappa shape index (κ1) is 14.2. The predicted molar refractivity (Wildman–Crippen MR) is 70.8 cm³/mol. The minimum absolute atomic E-state index is 0.0300. The van der Waals surface area contributed by atoms with Crippen LogP contribution in [0.25, 0.3) is 0 Å². The van der Waals surface area contributed by atoms with E-state index in [1.165, 1.54) is 6.33 Å². The number of carbonyl (C=O) groups excluding carboxylic acids is 1. The van der Waals surface area contributed by atoms with Gasteiger partial charge in [-0.1, -0.05) is 13.8 Å². The van der Waals surface area contributed by atoms with E-state index in [9.17, 15) is 4.79 Å². The summed E-state index contributed by atoms with van der Waals surface area (Å²) in [6.45, 7) is 5.33. The number of rotatable bonds is 7. The van der Waals surface area contributed by atoms with Gasteiger partial charge in [-0.3, -0.25) is 4.79 Å². The fourth-order valence-electron chi connectivity index (χ4n) is 1.24. The Hall–Kier alpha value is -1.89. The van der Waals surface area contributed by atoms with Crippen LogP contribution in [0.4, 0.5) is 11.6 Å². The summed E-state index contributed by atoms with van der Waals surface area (Å²) in [6.07, 6.45) is 1.80. The number of hydrogen-bond donors (Lipinski definition) is 4. The van der Waals surface area contributed by atoms with E-state index >= 15 is 0 Å². The van der Waals surface area contributed by atoms with E-state index in [1.807, 2.05) is 0 Å². The summed E-state index contributed by atoms with van der Waals surface area (Å²) in [5.41, 5.74) is 2.43. The van der Waals surface area contributed by atoms with Crippen LogP contribution in [-0.2, 0) is 4.79 Å². The van der Waals surface area contributed by atoms with Crippen molar-refractivity contribution in [2.24, 2.45) is 11.8 Å². The van der Waals surface area contributed by atoms with Crippen LogP contribution in [0.5, 0.6) is 0 Å². The molecule has 0 bridgehead atoms. The van der Waals surface area contributed by atoms with Crippen LogP contribution in [0.2, 0.25) is 0 Å². The van der Waals surface area contributed by atoms with Gasteiger partial charge in [-0.2, -0.15) is 0 Å². The zero-order valence-electron chi connectivity index (χ0n) is 10.7. The van der Waals surface area contributed by atoms with Gasteiger partial charge in [0.2, 0.25) is 5.91 Å². The average Bonchev–Trinajstić information content (AvgIpc) is 2.36. The number of hydrogen-bond acceptors (Lipinski definition) is 6. The molecule has 0 saturated heterocycles. The third-order valence-electron chi connectivity index (χ3n) is 2.18. The molecule has 0 aliphatic rings. The number of hydrazine groups is 1. The highest BCUT2D eigenvalue weighted by molar-refractivity contribution is 5.76. The minimum Gasteiger partial charge on any atom is -0.369 e. The number of nitrogens with one attached hydrogen (secondary N) is 3. The zero-order valence-corrected chi connectivity index (χ0v) is 10.7. The maximum atomic E-state index is 11.4. The number of anilines is 2. The second-order valence-electron chi connectivity index (χ2n) is 4.31. The third-order valence-corrected chi connectivity index (χ3v) is 2.18. The van der Waals surface area contributed by atoms with E-state index in [4.69, 9.17) is 5.84 Å². The van der Waals surface area contributed by atoms with Crippen LogP contribution in [0.15, 0.2) is 12.4 Å². The summed E-state index contributed by atoms with van der Waals surface area (Å²) in [6, 6.07) is 1.67. The Bertz CT molecular complexity index is 382. The van der Waals surface area contributed by atoms with Crippen molar-refractivity contribution >= 4 is 17.5 Å². The molecule has 7 nitrogen and oxygen atoms in total. The second kappa shape index (κ2) is 7.44. The predicted octanol–water partition coefficient (Wildman–Crippen LogP) is 0.336. The third kappa shape index (κ3) is 5.44. The fraction of sp³-hybridized carbons (Fsp3) is 0.545. The van der Waals surface area contributed by atoms with E-state index in [-0.39, 0.29) is 5.91 Å². The highest BCUT2D eigenvalue weighted by Crippen LogP contribution is 2.06. The molecule has 0 unspecified atom stereocenters. The van der Waals surface area contributed by atoms with Crippen molar-refractivity contribution in [3.8, 4) is 0 Å². The molecule has 0 fully saturated rings. The molecule has 0 atom stereocenters. The fourth-order valence-corrected chi connectivity index (χ4v) is 1.24. The zero-order chi connectivity index (χ0) is 13.4. The standard InChI is InChI=1S/C11H20N6O/c1-8(2)6-14-11(18)3-4-13-9-5-10(17-12)16-7-15-9/h5,7-8H,3-4,6,12H2,1-2H3,(H,14,18)(H2,13,15,16,17). The smallest absolute Gasteiger partial charge is 0.221 e. The molecule has 7 heteroatoms. The molecule has 100 valence electrons. The Morgan fingerprint density at radius 2 is 2.11 bits per heavy atom. The average molecular weight is 252 g/mol. The molecule has 0 aliphatic carbocycles. The Labute approximate surface area is 107 Å². The second-order valence-corrected chi connectivity index (χ2v) is 4.31. The van der Waals surface area contributed by atoms with Crippen LogP contribution < -0.4 is 21.9 Å². The molecule has 1 aromatic rings. The molecule has 1 rings (SSSR count). The van der Waals surface area contributed by atoms with Gasteiger partial charge < -0.3 is 16.1 Å². The molecular formula is C11H20N6O. The molecule has 1 amide bonds. The number of nitrogens with two attached hydrogens (primary N) is 1. The lowest BCUT2D eigenvalue weighted by atomic mass is 10.2. The summed E-state index contributed by atoms with van der Waals surface area (Å²) in [7, 11) is 0. The summed E-state index contributed by atoms with van der Waals surface area (Å²) in [4.78, 5) is 19.3. The summed E-state index contributed by atoms with van der Waals surface area (Å²) < 4.78 is 0.